The van der Waals surface area contributed by atoms with Crippen LogP contribution in [0.3, 0.4) is 0 Å². The highest BCUT2D eigenvalue weighted by Gasteiger charge is 2.45. The average Bonchev–Trinajstić information content (AvgIpc) is 3.11. The summed E-state index contributed by atoms with van der Waals surface area (Å²) in [5.41, 5.74) is 3.41. The van der Waals surface area contributed by atoms with Gasteiger partial charge in [-0.2, -0.15) is 0 Å². The first kappa shape index (κ1) is 36.9. The standard InChI is InChI=1S/C39H54ClN3O7S/c1-25-7-6-9-35(39-49-23-32(24-50-39)43-20-33(21-43)47-3)34-14-11-29(34)19-42-16-5-4-8-27-17-31(40)13-10-30(27)22-48-37-15-12-28(18-36(37)42)38(44)41-51(45,46)26(25)2/h10,12-13,15,17-18,25-26,29,32-35,39H,4-9,11,14,16,19-24H2,1-3H3,(H,41,44)/t25-,26+,29-,32?,34+,35+,39?/m0/s1. The predicted octanol–water partition coefficient (Wildman–Crippen LogP) is 6.04. The second-order valence-corrected chi connectivity index (χ2v) is 18.0. The minimum Gasteiger partial charge on any atom is -0.487 e. The van der Waals surface area contributed by atoms with Crippen molar-refractivity contribution in [3.8, 4) is 5.75 Å². The zero-order valence-electron chi connectivity index (χ0n) is 30.2. The Labute approximate surface area is 308 Å². The van der Waals surface area contributed by atoms with Crippen LogP contribution in [0.2, 0.25) is 5.02 Å². The van der Waals surface area contributed by atoms with Crippen molar-refractivity contribution in [1.29, 1.82) is 0 Å². The van der Waals surface area contributed by atoms with Gasteiger partial charge in [0.05, 0.1) is 36.3 Å². The quantitative estimate of drug-likeness (QED) is 0.403. The third-order valence-corrected chi connectivity index (χ3v) is 14.6. The lowest BCUT2D eigenvalue weighted by Crippen LogP contribution is -2.61. The second kappa shape index (κ2) is 15.9. The molecule has 5 atom stereocenters. The number of halogens is 1. The summed E-state index contributed by atoms with van der Waals surface area (Å²) < 4.78 is 54.6. The summed E-state index contributed by atoms with van der Waals surface area (Å²) >= 11 is 6.39. The maximum Gasteiger partial charge on any atom is 0.264 e. The van der Waals surface area contributed by atoms with E-state index in [1.54, 1.807) is 20.1 Å². The van der Waals surface area contributed by atoms with Crippen LogP contribution in [-0.4, -0.2) is 89.4 Å². The van der Waals surface area contributed by atoms with E-state index < -0.39 is 21.2 Å². The molecule has 2 aromatic carbocycles. The van der Waals surface area contributed by atoms with Gasteiger partial charge in [-0.05, 0) is 111 Å². The van der Waals surface area contributed by atoms with E-state index in [1.165, 1.54) is 5.56 Å². The number of carbonyl (C=O) groups excluding carboxylic acids is 1. The predicted molar refractivity (Wildman–Crippen MR) is 198 cm³/mol. The summed E-state index contributed by atoms with van der Waals surface area (Å²) in [7, 11) is -2.15. The van der Waals surface area contributed by atoms with Gasteiger partial charge in [0.2, 0.25) is 10.0 Å². The topological polar surface area (TPSA) is 107 Å². The fourth-order valence-corrected chi connectivity index (χ4v) is 10.2. The molecule has 4 aliphatic heterocycles. The average molecular weight is 744 g/mol. The molecule has 1 amide bonds. The Morgan fingerprint density at radius 1 is 0.902 bits per heavy atom. The monoisotopic (exact) mass is 743 g/mol. The van der Waals surface area contributed by atoms with E-state index in [2.05, 4.69) is 14.5 Å². The molecule has 1 aliphatic carbocycles. The van der Waals surface area contributed by atoms with Crippen LogP contribution in [0.5, 0.6) is 5.75 Å². The molecule has 7 rings (SSSR count). The summed E-state index contributed by atoms with van der Waals surface area (Å²) in [5.74, 6) is 0.991. The van der Waals surface area contributed by atoms with Crippen molar-refractivity contribution in [2.75, 3.05) is 51.4 Å². The minimum atomic E-state index is -3.91. The Morgan fingerprint density at radius 3 is 2.45 bits per heavy atom. The molecule has 0 spiro atoms. The zero-order chi connectivity index (χ0) is 35.7. The van der Waals surface area contributed by atoms with Crippen molar-refractivity contribution in [1.82, 2.24) is 9.62 Å². The van der Waals surface area contributed by atoms with Gasteiger partial charge in [-0.15, -0.1) is 0 Å². The number of methoxy groups -OCH3 is 1. The van der Waals surface area contributed by atoms with Crippen LogP contribution >= 0.6 is 11.6 Å². The van der Waals surface area contributed by atoms with Gasteiger partial charge in [-0.25, -0.2) is 13.1 Å². The number of benzene rings is 2. The summed E-state index contributed by atoms with van der Waals surface area (Å²) in [6, 6.07) is 11.5. The van der Waals surface area contributed by atoms with Crippen molar-refractivity contribution in [2.45, 2.75) is 95.5 Å². The number of fused-ring (bicyclic) bond motifs is 3. The molecular formula is C39H54ClN3O7S. The number of hydrogen-bond acceptors (Lipinski definition) is 9. The van der Waals surface area contributed by atoms with Gasteiger partial charge in [0.1, 0.15) is 12.4 Å². The third kappa shape index (κ3) is 8.24. The molecule has 10 nitrogen and oxygen atoms in total. The molecular weight excluding hydrogens is 690 g/mol. The molecule has 1 N–H and O–H groups in total. The lowest BCUT2D eigenvalue weighted by atomic mass is 9.65. The number of ether oxygens (including phenoxy) is 4. The Balaban J connectivity index is 1.18. The molecule has 2 bridgehead atoms. The lowest BCUT2D eigenvalue weighted by Gasteiger charge is -2.50. The lowest BCUT2D eigenvalue weighted by molar-refractivity contribution is -0.251. The van der Waals surface area contributed by atoms with E-state index in [1.807, 2.05) is 37.3 Å². The van der Waals surface area contributed by atoms with Gasteiger partial charge >= 0.3 is 0 Å². The third-order valence-electron chi connectivity index (χ3n) is 12.4. The Morgan fingerprint density at radius 2 is 1.71 bits per heavy atom. The van der Waals surface area contributed by atoms with Crippen molar-refractivity contribution in [3.63, 3.8) is 0 Å². The van der Waals surface area contributed by atoms with Gasteiger partial charge in [-0.3, -0.25) is 9.69 Å². The molecule has 51 heavy (non-hydrogen) atoms. The molecule has 2 aromatic rings. The van der Waals surface area contributed by atoms with Crippen LogP contribution in [0.1, 0.15) is 80.3 Å². The number of sulfonamides is 1. The number of anilines is 1. The first-order chi connectivity index (χ1) is 24.6. The molecule has 0 radical (unpaired) electrons. The number of carbonyl (C=O) groups is 1. The van der Waals surface area contributed by atoms with Crippen LogP contribution in [0.25, 0.3) is 0 Å². The number of amides is 1. The van der Waals surface area contributed by atoms with E-state index >= 15 is 0 Å². The van der Waals surface area contributed by atoms with E-state index in [4.69, 9.17) is 30.5 Å². The number of rotatable bonds is 3. The van der Waals surface area contributed by atoms with Crippen molar-refractivity contribution in [2.24, 2.45) is 23.7 Å². The highest BCUT2D eigenvalue weighted by Crippen LogP contribution is 2.46. The highest BCUT2D eigenvalue weighted by molar-refractivity contribution is 7.90. The van der Waals surface area contributed by atoms with E-state index in [-0.39, 0.29) is 30.3 Å². The van der Waals surface area contributed by atoms with Crippen LogP contribution in [0, 0.1) is 23.7 Å². The summed E-state index contributed by atoms with van der Waals surface area (Å²) in [4.78, 5) is 18.3. The van der Waals surface area contributed by atoms with Crippen molar-refractivity contribution in [3.05, 3.63) is 58.1 Å². The van der Waals surface area contributed by atoms with Gasteiger partial charge in [0, 0.05) is 49.8 Å². The first-order valence-electron chi connectivity index (χ1n) is 18.9. The Kier molecular flexibility index (Phi) is 11.5. The number of nitrogens with zero attached hydrogens (tertiary/aromatic N) is 2. The van der Waals surface area contributed by atoms with Gasteiger partial charge in [-0.1, -0.05) is 31.0 Å². The minimum absolute atomic E-state index is 0.132. The van der Waals surface area contributed by atoms with Crippen LogP contribution in [0.4, 0.5) is 5.69 Å². The smallest absolute Gasteiger partial charge is 0.264 e. The summed E-state index contributed by atoms with van der Waals surface area (Å²) in [6.07, 6.45) is 7.57. The van der Waals surface area contributed by atoms with Crippen molar-refractivity contribution >= 4 is 33.2 Å². The largest absolute Gasteiger partial charge is 0.487 e. The number of aryl methyl sites for hydroxylation is 1. The highest BCUT2D eigenvalue weighted by atomic mass is 35.5. The zero-order valence-corrected chi connectivity index (χ0v) is 31.8. The molecule has 0 aromatic heterocycles. The van der Waals surface area contributed by atoms with Crippen LogP contribution < -0.4 is 14.4 Å². The van der Waals surface area contributed by atoms with Crippen LogP contribution in [-0.2, 0) is 37.3 Å². The normalized spacial score (nSPS) is 32.5. The van der Waals surface area contributed by atoms with Gasteiger partial charge in [0.15, 0.2) is 6.29 Å². The molecule has 1 saturated carbocycles. The summed E-state index contributed by atoms with van der Waals surface area (Å²) in [5, 5.41) is -0.00960. The Bertz CT molecular complexity index is 1650. The van der Waals surface area contributed by atoms with Gasteiger partial charge in [0.25, 0.3) is 5.91 Å². The molecule has 280 valence electrons. The molecule has 5 aliphatic rings. The summed E-state index contributed by atoms with van der Waals surface area (Å²) in [6.45, 7) is 8.76. The fourth-order valence-electron chi connectivity index (χ4n) is 8.68. The molecule has 2 saturated heterocycles. The maximum absolute atomic E-state index is 13.6. The fraction of sp³-hybridized carbons (Fsp3) is 0.667. The molecule has 3 fully saturated rings. The van der Waals surface area contributed by atoms with Crippen molar-refractivity contribution < 1.29 is 32.2 Å². The molecule has 12 heteroatoms. The number of hydrogen-bond donors (Lipinski definition) is 1. The molecule has 0 unspecified atom stereocenters. The van der Waals surface area contributed by atoms with E-state index in [0.29, 0.717) is 43.0 Å². The maximum atomic E-state index is 13.6. The number of likely N-dealkylation sites (tertiary alicyclic amines) is 1. The first-order valence-corrected chi connectivity index (χ1v) is 20.9. The van der Waals surface area contributed by atoms with E-state index in [9.17, 15) is 13.2 Å². The molecule has 4 heterocycles. The number of nitrogens with one attached hydrogen (secondary N) is 1. The van der Waals surface area contributed by atoms with Gasteiger partial charge < -0.3 is 23.8 Å². The van der Waals surface area contributed by atoms with E-state index in [0.717, 1.165) is 93.8 Å². The Hall–Kier alpha value is -2.41. The SMILES string of the molecule is COC1CN(C2COC([C@@H]3CCC[C@H](C)[C@@H](C)S(=O)(=O)NC(=O)c4ccc5c(c4)N(CCCCc4cc(Cl)ccc4CO5)C[C@@H]4CC[C@H]43)OC2)C1. The van der Waals surface area contributed by atoms with Crippen LogP contribution in [0.15, 0.2) is 36.4 Å². The second-order valence-electron chi connectivity index (χ2n) is 15.5.